The number of hydrogen-bond donors (Lipinski definition) is 3. The zero-order chi connectivity index (χ0) is 26.7. The lowest BCUT2D eigenvalue weighted by molar-refractivity contribution is -0.173. The van der Waals surface area contributed by atoms with Gasteiger partial charge in [-0.05, 0) is 77.8 Å². The van der Waals surface area contributed by atoms with Gasteiger partial charge in [-0.3, -0.25) is 9.59 Å². The number of amides is 2. The lowest BCUT2D eigenvalue weighted by atomic mass is 9.84. The van der Waals surface area contributed by atoms with Crippen molar-refractivity contribution in [1.29, 1.82) is 0 Å². The monoisotopic (exact) mass is 636 g/mol. The second kappa shape index (κ2) is 11.9. The van der Waals surface area contributed by atoms with Gasteiger partial charge >= 0.3 is 6.18 Å². The quantitative estimate of drug-likeness (QED) is 0.361. The van der Waals surface area contributed by atoms with Crippen molar-refractivity contribution in [3.05, 3.63) is 39.5 Å². The summed E-state index contributed by atoms with van der Waals surface area (Å²) in [7, 11) is 0. The van der Waals surface area contributed by atoms with Crippen LogP contribution in [0.3, 0.4) is 0 Å². The highest BCUT2D eigenvalue weighted by molar-refractivity contribution is 14.1. The number of aliphatic hydroxyl groups is 2. The molecular formula is C26H32F3IN2O5. The van der Waals surface area contributed by atoms with Crippen LogP contribution in [0.4, 0.5) is 13.2 Å². The summed E-state index contributed by atoms with van der Waals surface area (Å²) >= 11 is 2.04. The maximum atomic E-state index is 13.7. The third-order valence-corrected chi connectivity index (χ3v) is 8.60. The first kappa shape index (κ1) is 28.2. The van der Waals surface area contributed by atoms with Gasteiger partial charge in [-0.25, -0.2) is 0 Å². The Morgan fingerprint density at radius 2 is 1.95 bits per heavy atom. The van der Waals surface area contributed by atoms with E-state index < -0.39 is 42.8 Å². The number of carbonyl (C=O) groups is 2. The van der Waals surface area contributed by atoms with E-state index in [2.05, 4.69) is 5.32 Å². The van der Waals surface area contributed by atoms with Gasteiger partial charge in [0.2, 0.25) is 11.8 Å². The van der Waals surface area contributed by atoms with Crippen LogP contribution < -0.4 is 10.1 Å². The predicted octanol–water partition coefficient (Wildman–Crippen LogP) is 3.42. The van der Waals surface area contributed by atoms with Gasteiger partial charge in [0, 0.05) is 25.0 Å². The van der Waals surface area contributed by atoms with Gasteiger partial charge < -0.3 is 25.2 Å². The fraction of sp³-hybridized carbons (Fsp3) is 0.615. The Morgan fingerprint density at radius 3 is 2.57 bits per heavy atom. The number of rotatable bonds is 9. The highest BCUT2D eigenvalue weighted by Gasteiger charge is 2.46. The maximum absolute atomic E-state index is 13.7. The summed E-state index contributed by atoms with van der Waals surface area (Å²) < 4.78 is 47.8. The number of fused-ring (bicyclic) bond motifs is 2. The molecule has 0 spiro atoms. The molecule has 2 saturated carbocycles. The lowest BCUT2D eigenvalue weighted by Crippen LogP contribution is -2.57. The number of halogens is 4. The molecule has 0 radical (unpaired) electrons. The van der Waals surface area contributed by atoms with Crippen molar-refractivity contribution >= 4 is 34.4 Å². The van der Waals surface area contributed by atoms with Crippen molar-refractivity contribution in [2.75, 3.05) is 19.7 Å². The first-order valence-electron chi connectivity index (χ1n) is 12.6. The van der Waals surface area contributed by atoms with Crippen LogP contribution in [0.25, 0.3) is 0 Å². The molecule has 37 heavy (non-hydrogen) atoms. The van der Waals surface area contributed by atoms with E-state index in [1.807, 2.05) is 22.6 Å². The van der Waals surface area contributed by atoms with Crippen LogP contribution in [0.1, 0.15) is 38.5 Å². The molecule has 1 aromatic rings. The van der Waals surface area contributed by atoms with Gasteiger partial charge in [0.15, 0.2) is 0 Å². The highest BCUT2D eigenvalue weighted by atomic mass is 127. The van der Waals surface area contributed by atoms with E-state index in [-0.39, 0.29) is 37.5 Å². The van der Waals surface area contributed by atoms with Gasteiger partial charge in [-0.1, -0.05) is 18.6 Å². The average molecular weight is 636 g/mol. The van der Waals surface area contributed by atoms with E-state index in [4.69, 9.17) is 9.84 Å². The third-order valence-electron chi connectivity index (χ3n) is 7.71. The van der Waals surface area contributed by atoms with Crippen LogP contribution in [-0.4, -0.2) is 71.0 Å². The summed E-state index contributed by atoms with van der Waals surface area (Å²) in [6.45, 7) is -1.87. The first-order valence-corrected chi connectivity index (χ1v) is 13.7. The third kappa shape index (κ3) is 6.97. The second-order valence-corrected chi connectivity index (χ2v) is 11.4. The Kier molecular flexibility index (Phi) is 9.05. The highest BCUT2D eigenvalue weighted by Crippen LogP contribution is 2.50. The molecule has 3 unspecified atom stereocenters. The van der Waals surface area contributed by atoms with E-state index in [1.54, 1.807) is 24.3 Å². The summed E-state index contributed by atoms with van der Waals surface area (Å²) in [5, 5.41) is 22.8. The number of aliphatic hydroxyl groups excluding tert-OH is 2. The molecule has 3 aliphatic rings. The Morgan fingerprint density at radius 1 is 1.19 bits per heavy atom. The number of hydrogen-bond acceptors (Lipinski definition) is 5. The van der Waals surface area contributed by atoms with Crippen molar-refractivity contribution in [3.63, 3.8) is 0 Å². The number of nitrogens with zero attached hydrogens (tertiary/aromatic N) is 1. The van der Waals surface area contributed by atoms with Crippen LogP contribution in [-0.2, 0) is 9.59 Å². The van der Waals surface area contributed by atoms with Crippen molar-refractivity contribution in [1.82, 2.24) is 10.2 Å². The molecule has 3 N–H and O–H groups in total. The molecule has 2 fully saturated rings. The van der Waals surface area contributed by atoms with Crippen LogP contribution in [0.2, 0.25) is 0 Å². The molecule has 0 saturated heterocycles. The Hall–Kier alpha value is -1.86. The van der Waals surface area contributed by atoms with Gasteiger partial charge in [0.1, 0.15) is 24.5 Å². The summed E-state index contributed by atoms with van der Waals surface area (Å²) in [6, 6.07) is 5.63. The Bertz CT molecular complexity index is 1020. The average Bonchev–Trinajstić information content (AvgIpc) is 3.46. The van der Waals surface area contributed by atoms with E-state index in [0.29, 0.717) is 26.1 Å². The molecule has 204 valence electrons. The van der Waals surface area contributed by atoms with E-state index in [0.717, 1.165) is 25.7 Å². The number of alkyl halides is 3. The van der Waals surface area contributed by atoms with Crippen molar-refractivity contribution in [2.24, 2.45) is 17.8 Å². The van der Waals surface area contributed by atoms with Crippen molar-refractivity contribution in [3.8, 4) is 5.75 Å². The normalized spacial score (nSPS) is 29.1. The molecule has 11 heteroatoms. The SMILES string of the molecule is O=C(NCCO)C1=C[C@H](Oc2ccccc2I)[C@@H](O)[C@H](N(CC(F)(F)F)C(=O)CC2CC3CCC2C3)C1. The lowest BCUT2D eigenvalue weighted by Gasteiger charge is -2.41. The Balaban J connectivity index is 1.61. The van der Waals surface area contributed by atoms with Crippen LogP contribution in [0.15, 0.2) is 35.9 Å². The standard InChI is InChI=1S/C26H32F3IN2O5/c27-26(28,29)14-32(23(34)13-17-10-15-5-6-16(17)9-15)20-11-18(25(36)31-7-8-33)12-22(24(20)35)37-21-4-2-1-3-19(21)30/h1-4,12,15-17,20,22,24,33,35H,5-11,13-14H2,(H,31,36)/t15?,16?,17?,20-,22+,24+/m1/s1. The van der Waals surface area contributed by atoms with E-state index >= 15 is 0 Å². The smallest absolute Gasteiger partial charge is 0.406 e. The molecule has 6 atom stereocenters. The predicted molar refractivity (Wildman–Crippen MR) is 137 cm³/mol. The van der Waals surface area contributed by atoms with E-state index in [1.165, 1.54) is 6.08 Å². The van der Waals surface area contributed by atoms with Gasteiger partial charge in [-0.15, -0.1) is 0 Å². The van der Waals surface area contributed by atoms with Gasteiger partial charge in [0.05, 0.1) is 16.2 Å². The van der Waals surface area contributed by atoms with Crippen molar-refractivity contribution < 1.29 is 37.7 Å². The molecule has 0 heterocycles. The van der Waals surface area contributed by atoms with Crippen LogP contribution in [0, 0.1) is 21.3 Å². The number of benzene rings is 1. The van der Waals surface area contributed by atoms with Gasteiger partial charge in [0.25, 0.3) is 0 Å². The minimum atomic E-state index is -4.68. The number of carbonyl (C=O) groups excluding carboxylic acids is 2. The minimum absolute atomic E-state index is 0.00166. The van der Waals surface area contributed by atoms with Gasteiger partial charge in [-0.2, -0.15) is 13.2 Å². The largest absolute Gasteiger partial charge is 0.482 e. The molecule has 2 amide bonds. The summed E-state index contributed by atoms with van der Waals surface area (Å²) in [6.07, 6.45) is -2.23. The summed E-state index contributed by atoms with van der Waals surface area (Å²) in [5.74, 6) is 0.0844. The topological polar surface area (TPSA) is 99.1 Å². The van der Waals surface area contributed by atoms with Crippen LogP contribution in [0.5, 0.6) is 5.75 Å². The minimum Gasteiger partial charge on any atom is -0.482 e. The Labute approximate surface area is 227 Å². The van der Waals surface area contributed by atoms with Crippen molar-refractivity contribution in [2.45, 2.75) is 63.0 Å². The van der Waals surface area contributed by atoms with E-state index in [9.17, 15) is 27.9 Å². The number of ether oxygens (including phenoxy) is 1. The van der Waals surface area contributed by atoms with Crippen LogP contribution >= 0.6 is 22.6 Å². The molecule has 3 aliphatic carbocycles. The zero-order valence-electron chi connectivity index (χ0n) is 20.3. The molecule has 2 bridgehead atoms. The first-order chi connectivity index (χ1) is 17.6. The zero-order valence-corrected chi connectivity index (χ0v) is 22.5. The molecule has 1 aromatic carbocycles. The molecule has 4 rings (SSSR count). The maximum Gasteiger partial charge on any atom is 0.406 e. The molecule has 7 nitrogen and oxygen atoms in total. The fourth-order valence-electron chi connectivity index (χ4n) is 6.02. The summed E-state index contributed by atoms with van der Waals surface area (Å²) in [4.78, 5) is 26.9. The summed E-state index contributed by atoms with van der Waals surface area (Å²) in [5.41, 5.74) is 0.0968. The molecule has 0 aromatic heterocycles. The number of nitrogens with one attached hydrogen (secondary N) is 1. The second-order valence-electron chi connectivity index (χ2n) is 10.2. The fourth-order valence-corrected chi connectivity index (χ4v) is 6.53. The molecule has 0 aliphatic heterocycles. The molecular weight excluding hydrogens is 604 g/mol. The number of para-hydroxylation sites is 1.